The average molecular weight is 490 g/mol. The third-order valence-electron chi connectivity index (χ3n) is 5.47. The second kappa shape index (κ2) is 10.6. The fourth-order valence-electron chi connectivity index (χ4n) is 3.44. The number of amides is 2. The maximum atomic E-state index is 14.6. The van der Waals surface area contributed by atoms with Gasteiger partial charge >= 0.3 is 0 Å². The first-order chi connectivity index (χ1) is 16.9. The molecular weight excluding hydrogens is 465 g/mol. The van der Waals surface area contributed by atoms with Gasteiger partial charge in [0.1, 0.15) is 17.3 Å². The molecule has 1 aliphatic rings. The molecule has 2 amide bonds. The van der Waals surface area contributed by atoms with E-state index in [1.54, 1.807) is 49.6 Å². The van der Waals surface area contributed by atoms with Crippen LogP contribution in [0.5, 0.6) is 5.75 Å². The van der Waals surface area contributed by atoms with Crippen molar-refractivity contribution in [2.24, 2.45) is 4.99 Å². The van der Waals surface area contributed by atoms with E-state index in [2.05, 4.69) is 10.3 Å². The first-order valence-electron chi connectivity index (χ1n) is 10.9. The molecule has 0 aromatic heterocycles. The molecule has 0 aliphatic carbocycles. The normalized spacial score (nSPS) is 14.3. The summed E-state index contributed by atoms with van der Waals surface area (Å²) in [5.74, 6) is -0.593. The molecule has 0 unspecified atom stereocenters. The number of nitrogens with zero attached hydrogens (tertiary/aromatic N) is 2. The van der Waals surface area contributed by atoms with Crippen molar-refractivity contribution in [3.05, 3.63) is 94.9 Å². The number of rotatable bonds is 6. The van der Waals surface area contributed by atoms with Crippen LogP contribution in [0.3, 0.4) is 0 Å². The summed E-state index contributed by atoms with van der Waals surface area (Å²) in [5.41, 5.74) is 3.86. The molecule has 0 saturated carbocycles. The van der Waals surface area contributed by atoms with Gasteiger partial charge in [-0.15, -0.1) is 0 Å². The first-order valence-corrected chi connectivity index (χ1v) is 11.9. The third-order valence-corrected chi connectivity index (χ3v) is 6.40. The fraction of sp³-hybridized carbons (Fsp3) is 0.148. The molecule has 3 aromatic rings. The number of halogens is 1. The maximum Gasteiger partial charge on any atom is 0.283 e. The molecule has 3 aromatic carbocycles. The number of benzene rings is 3. The maximum absolute atomic E-state index is 14.6. The highest BCUT2D eigenvalue weighted by Crippen LogP contribution is 2.31. The Morgan fingerprint density at radius 2 is 1.83 bits per heavy atom. The van der Waals surface area contributed by atoms with Crippen LogP contribution in [-0.4, -0.2) is 29.8 Å². The summed E-state index contributed by atoms with van der Waals surface area (Å²) >= 11 is 1.07. The van der Waals surface area contributed by atoms with Gasteiger partial charge in [-0.3, -0.25) is 14.5 Å². The molecule has 0 atom stereocenters. The van der Waals surface area contributed by atoms with E-state index >= 15 is 0 Å². The third kappa shape index (κ3) is 5.60. The van der Waals surface area contributed by atoms with E-state index in [-0.39, 0.29) is 28.2 Å². The van der Waals surface area contributed by atoms with Crippen molar-refractivity contribution >= 4 is 46.2 Å². The van der Waals surface area contributed by atoms with Crippen molar-refractivity contribution < 1.29 is 18.7 Å². The Morgan fingerprint density at radius 3 is 2.51 bits per heavy atom. The van der Waals surface area contributed by atoms with E-state index in [0.717, 1.165) is 28.5 Å². The van der Waals surface area contributed by atoms with E-state index in [9.17, 15) is 14.0 Å². The zero-order valence-electron chi connectivity index (χ0n) is 19.5. The lowest BCUT2D eigenvalue weighted by Gasteiger charge is -2.18. The highest BCUT2D eigenvalue weighted by molar-refractivity contribution is 8.14. The van der Waals surface area contributed by atoms with Crippen molar-refractivity contribution in [2.75, 3.05) is 23.1 Å². The lowest BCUT2D eigenvalue weighted by molar-refractivity contribution is -0.114. The number of amidine groups is 1. The molecule has 8 heteroatoms. The van der Waals surface area contributed by atoms with Gasteiger partial charge in [0.05, 0.1) is 18.6 Å². The van der Waals surface area contributed by atoms with E-state index < -0.39 is 11.7 Å². The molecule has 0 saturated heterocycles. The second-order valence-electron chi connectivity index (χ2n) is 7.92. The largest absolute Gasteiger partial charge is 0.497 e. The van der Waals surface area contributed by atoms with Crippen molar-refractivity contribution in [1.29, 1.82) is 0 Å². The Hall–Kier alpha value is -3.91. The quantitative estimate of drug-likeness (QED) is 0.460. The van der Waals surface area contributed by atoms with Gasteiger partial charge in [-0.2, -0.15) is 0 Å². The standard InChI is InChI=1S/C27H24FN3O3S/c1-17-8-11-20(14-18(17)2)29-25(32)16-35-27-30-23(15-19-9-12-21(34-3)13-10-19)26(33)31(27)24-7-5-4-6-22(24)28/h4-15H,16H2,1-3H3,(H,29,32)/b23-15+. The Labute approximate surface area is 207 Å². The lowest BCUT2D eigenvalue weighted by Crippen LogP contribution is -2.32. The summed E-state index contributed by atoms with van der Waals surface area (Å²) in [5, 5.41) is 3.09. The minimum absolute atomic E-state index is 0.000193. The number of anilines is 2. The van der Waals surface area contributed by atoms with Crippen LogP contribution in [0.1, 0.15) is 16.7 Å². The van der Waals surface area contributed by atoms with Crippen molar-refractivity contribution in [1.82, 2.24) is 0 Å². The van der Waals surface area contributed by atoms with E-state index in [1.807, 2.05) is 32.0 Å². The smallest absolute Gasteiger partial charge is 0.283 e. The Kier molecular flexibility index (Phi) is 7.31. The van der Waals surface area contributed by atoms with Gasteiger partial charge in [-0.1, -0.05) is 42.1 Å². The topological polar surface area (TPSA) is 71.0 Å². The van der Waals surface area contributed by atoms with Gasteiger partial charge in [0, 0.05) is 5.69 Å². The molecule has 0 spiro atoms. The van der Waals surface area contributed by atoms with Crippen molar-refractivity contribution in [2.45, 2.75) is 13.8 Å². The molecule has 0 radical (unpaired) electrons. The molecule has 178 valence electrons. The molecule has 35 heavy (non-hydrogen) atoms. The summed E-state index contributed by atoms with van der Waals surface area (Å²) in [7, 11) is 1.57. The number of para-hydroxylation sites is 1. The number of carbonyl (C=O) groups excluding carboxylic acids is 2. The highest BCUT2D eigenvalue weighted by atomic mass is 32.2. The Bertz CT molecular complexity index is 1340. The lowest BCUT2D eigenvalue weighted by atomic mass is 10.1. The molecule has 1 heterocycles. The van der Waals surface area contributed by atoms with Gasteiger partial charge in [-0.25, -0.2) is 9.38 Å². The van der Waals surface area contributed by atoms with E-state index in [4.69, 9.17) is 4.74 Å². The van der Waals surface area contributed by atoms with Crippen LogP contribution in [-0.2, 0) is 9.59 Å². The predicted molar refractivity (Wildman–Crippen MR) is 139 cm³/mol. The second-order valence-corrected chi connectivity index (χ2v) is 8.87. The number of thioether (sulfide) groups is 1. The van der Waals surface area contributed by atoms with Crippen LogP contribution < -0.4 is 15.0 Å². The summed E-state index contributed by atoms with van der Waals surface area (Å²) in [4.78, 5) is 31.5. The van der Waals surface area contributed by atoms with Gasteiger partial charge < -0.3 is 10.1 Å². The molecule has 0 fully saturated rings. The van der Waals surface area contributed by atoms with Crippen LogP contribution in [0.25, 0.3) is 6.08 Å². The highest BCUT2D eigenvalue weighted by Gasteiger charge is 2.33. The monoisotopic (exact) mass is 489 g/mol. The summed E-state index contributed by atoms with van der Waals surface area (Å²) < 4.78 is 19.8. The molecule has 6 nitrogen and oxygen atoms in total. The number of hydrogen-bond acceptors (Lipinski definition) is 5. The first kappa shape index (κ1) is 24.2. The molecule has 1 aliphatic heterocycles. The average Bonchev–Trinajstić information content (AvgIpc) is 3.15. The zero-order chi connectivity index (χ0) is 24.9. The van der Waals surface area contributed by atoms with E-state index in [0.29, 0.717) is 11.4 Å². The van der Waals surface area contributed by atoms with Gasteiger partial charge in [0.25, 0.3) is 5.91 Å². The van der Waals surface area contributed by atoms with Crippen LogP contribution >= 0.6 is 11.8 Å². The van der Waals surface area contributed by atoms with Crippen LogP contribution in [0, 0.1) is 19.7 Å². The molecule has 1 N–H and O–H groups in total. The van der Waals surface area contributed by atoms with Crippen molar-refractivity contribution in [3.8, 4) is 5.75 Å². The zero-order valence-corrected chi connectivity index (χ0v) is 20.4. The number of methoxy groups -OCH3 is 1. The van der Waals surface area contributed by atoms with Crippen molar-refractivity contribution in [3.63, 3.8) is 0 Å². The summed E-state index contributed by atoms with van der Waals surface area (Å²) in [6, 6.07) is 18.8. The van der Waals surface area contributed by atoms with Crippen LogP contribution in [0.4, 0.5) is 15.8 Å². The predicted octanol–water partition coefficient (Wildman–Crippen LogP) is 5.57. The van der Waals surface area contributed by atoms with E-state index in [1.165, 1.54) is 17.0 Å². The molecule has 0 bridgehead atoms. The number of aryl methyl sites for hydroxylation is 2. The number of nitrogens with one attached hydrogen (secondary N) is 1. The minimum Gasteiger partial charge on any atom is -0.497 e. The Balaban J connectivity index is 1.57. The summed E-state index contributed by atoms with van der Waals surface area (Å²) in [6.45, 7) is 3.97. The summed E-state index contributed by atoms with van der Waals surface area (Å²) in [6.07, 6.45) is 1.62. The molecular formula is C27H24FN3O3S. The number of aliphatic imine (C=N–C) groups is 1. The molecule has 4 rings (SSSR count). The minimum atomic E-state index is -0.556. The van der Waals surface area contributed by atoms with Crippen LogP contribution in [0.2, 0.25) is 0 Å². The number of carbonyl (C=O) groups is 2. The van der Waals surface area contributed by atoms with Gasteiger partial charge in [0.15, 0.2) is 5.17 Å². The Morgan fingerprint density at radius 1 is 1.09 bits per heavy atom. The van der Waals surface area contributed by atoms with Gasteiger partial charge in [0.2, 0.25) is 5.91 Å². The fourth-order valence-corrected chi connectivity index (χ4v) is 4.25. The number of hydrogen-bond donors (Lipinski definition) is 1. The van der Waals surface area contributed by atoms with Crippen LogP contribution in [0.15, 0.2) is 77.4 Å². The van der Waals surface area contributed by atoms with Gasteiger partial charge in [-0.05, 0) is 73.0 Å². The SMILES string of the molecule is COc1ccc(/C=C2/N=C(SCC(=O)Nc3ccc(C)c(C)c3)N(c3ccccc3F)C2=O)cc1. The number of ether oxygens (including phenoxy) is 1.